The summed E-state index contributed by atoms with van der Waals surface area (Å²) in [6.45, 7) is 0.750. The topological polar surface area (TPSA) is 53.7 Å². The summed E-state index contributed by atoms with van der Waals surface area (Å²) >= 11 is 0. The molecule has 4 heteroatoms. The minimum Gasteiger partial charge on any atom is -0.497 e. The number of methoxy groups -OCH3 is 2. The Hall–Kier alpha value is -2.20. The average molecular weight is 285 g/mol. The van der Waals surface area contributed by atoms with E-state index in [0.29, 0.717) is 0 Å². The first-order valence-electron chi connectivity index (χ1n) is 6.96. The molecule has 0 fully saturated rings. The molecule has 0 aromatic heterocycles. The summed E-state index contributed by atoms with van der Waals surface area (Å²) in [4.78, 5) is 0. The lowest BCUT2D eigenvalue weighted by Gasteiger charge is -2.17. The van der Waals surface area contributed by atoms with Crippen LogP contribution >= 0.6 is 0 Å². The van der Waals surface area contributed by atoms with Crippen molar-refractivity contribution in [1.29, 1.82) is 0 Å². The molecule has 0 saturated carbocycles. The molecule has 1 aliphatic rings. The monoisotopic (exact) mass is 285 g/mol. The van der Waals surface area contributed by atoms with Crippen molar-refractivity contribution in [3.05, 3.63) is 53.1 Å². The number of nitrogens with two attached hydrogens (primary N) is 1. The zero-order valence-electron chi connectivity index (χ0n) is 12.3. The summed E-state index contributed by atoms with van der Waals surface area (Å²) in [5, 5.41) is 0. The standard InChI is InChI=1S/C17H19NO3/c1-19-13-4-5-14(16(10-13)20-2)17(18)12-3-6-15-11(9-12)7-8-21-15/h3-6,9-10,17H,7-8,18H2,1-2H3. The number of hydrogen-bond acceptors (Lipinski definition) is 4. The molecule has 2 aromatic rings. The van der Waals surface area contributed by atoms with Crippen LogP contribution in [0.2, 0.25) is 0 Å². The third kappa shape index (κ3) is 2.54. The van der Waals surface area contributed by atoms with Crippen molar-refractivity contribution in [3.8, 4) is 17.2 Å². The molecule has 0 spiro atoms. The van der Waals surface area contributed by atoms with Crippen LogP contribution in [-0.4, -0.2) is 20.8 Å². The molecule has 4 nitrogen and oxygen atoms in total. The van der Waals surface area contributed by atoms with E-state index < -0.39 is 0 Å². The Bertz CT molecular complexity index is 654. The van der Waals surface area contributed by atoms with Crippen molar-refractivity contribution in [2.75, 3.05) is 20.8 Å². The molecule has 0 amide bonds. The highest BCUT2D eigenvalue weighted by Crippen LogP contribution is 2.34. The second-order valence-electron chi connectivity index (χ2n) is 5.05. The van der Waals surface area contributed by atoms with Gasteiger partial charge in [-0.15, -0.1) is 0 Å². The van der Waals surface area contributed by atoms with E-state index in [1.165, 1.54) is 5.56 Å². The summed E-state index contributed by atoms with van der Waals surface area (Å²) in [6.07, 6.45) is 0.940. The highest BCUT2D eigenvalue weighted by molar-refractivity contribution is 5.48. The molecule has 110 valence electrons. The normalized spacial score (nSPS) is 14.2. The van der Waals surface area contributed by atoms with Crippen LogP contribution in [0.4, 0.5) is 0 Å². The fraction of sp³-hybridized carbons (Fsp3) is 0.294. The number of fused-ring (bicyclic) bond motifs is 1. The van der Waals surface area contributed by atoms with Gasteiger partial charge in [-0.05, 0) is 29.3 Å². The van der Waals surface area contributed by atoms with Crippen molar-refractivity contribution in [1.82, 2.24) is 0 Å². The van der Waals surface area contributed by atoms with E-state index in [1.54, 1.807) is 14.2 Å². The lowest BCUT2D eigenvalue weighted by Crippen LogP contribution is -2.13. The number of rotatable bonds is 4. The minimum absolute atomic E-state index is 0.239. The number of hydrogen-bond donors (Lipinski definition) is 1. The van der Waals surface area contributed by atoms with Gasteiger partial charge in [0.15, 0.2) is 0 Å². The van der Waals surface area contributed by atoms with Crippen molar-refractivity contribution >= 4 is 0 Å². The lowest BCUT2D eigenvalue weighted by atomic mass is 9.96. The Balaban J connectivity index is 1.96. The van der Waals surface area contributed by atoms with Gasteiger partial charge in [-0.1, -0.05) is 12.1 Å². The molecule has 1 aliphatic heterocycles. The highest BCUT2D eigenvalue weighted by atomic mass is 16.5. The quantitative estimate of drug-likeness (QED) is 0.938. The molecule has 0 radical (unpaired) electrons. The fourth-order valence-electron chi connectivity index (χ4n) is 2.65. The van der Waals surface area contributed by atoms with Crippen LogP contribution in [0.25, 0.3) is 0 Å². The van der Waals surface area contributed by atoms with E-state index in [1.807, 2.05) is 30.3 Å². The molecule has 21 heavy (non-hydrogen) atoms. The van der Waals surface area contributed by atoms with Crippen molar-refractivity contribution in [2.24, 2.45) is 5.73 Å². The molecule has 2 N–H and O–H groups in total. The van der Waals surface area contributed by atoms with Crippen LogP contribution < -0.4 is 19.9 Å². The predicted molar refractivity (Wildman–Crippen MR) is 81.2 cm³/mol. The molecular weight excluding hydrogens is 266 g/mol. The van der Waals surface area contributed by atoms with E-state index >= 15 is 0 Å². The Morgan fingerprint density at radius 3 is 2.71 bits per heavy atom. The van der Waals surface area contributed by atoms with E-state index in [-0.39, 0.29) is 6.04 Å². The zero-order chi connectivity index (χ0) is 14.8. The van der Waals surface area contributed by atoms with Crippen LogP contribution in [0.1, 0.15) is 22.7 Å². The smallest absolute Gasteiger partial charge is 0.127 e. The van der Waals surface area contributed by atoms with Gasteiger partial charge in [-0.3, -0.25) is 0 Å². The van der Waals surface area contributed by atoms with Gasteiger partial charge < -0.3 is 19.9 Å². The third-order valence-electron chi connectivity index (χ3n) is 3.85. The zero-order valence-corrected chi connectivity index (χ0v) is 12.3. The van der Waals surface area contributed by atoms with Gasteiger partial charge >= 0.3 is 0 Å². The van der Waals surface area contributed by atoms with Gasteiger partial charge in [0, 0.05) is 18.1 Å². The SMILES string of the molecule is COc1ccc(C(N)c2ccc3c(c2)CCO3)c(OC)c1. The van der Waals surface area contributed by atoms with Gasteiger partial charge in [0.05, 0.1) is 26.9 Å². The summed E-state index contributed by atoms with van der Waals surface area (Å²) in [6, 6.07) is 11.6. The number of ether oxygens (including phenoxy) is 3. The minimum atomic E-state index is -0.239. The van der Waals surface area contributed by atoms with Crippen molar-refractivity contribution in [2.45, 2.75) is 12.5 Å². The van der Waals surface area contributed by atoms with E-state index in [4.69, 9.17) is 19.9 Å². The maximum Gasteiger partial charge on any atom is 0.127 e. The summed E-state index contributed by atoms with van der Waals surface area (Å²) < 4.78 is 16.2. The first-order valence-corrected chi connectivity index (χ1v) is 6.96. The van der Waals surface area contributed by atoms with E-state index in [9.17, 15) is 0 Å². The Kier molecular flexibility index (Phi) is 3.71. The first-order chi connectivity index (χ1) is 10.2. The van der Waals surface area contributed by atoms with Gasteiger partial charge in [-0.25, -0.2) is 0 Å². The Morgan fingerprint density at radius 2 is 1.95 bits per heavy atom. The molecule has 1 unspecified atom stereocenters. The summed E-state index contributed by atoms with van der Waals surface area (Å²) in [5.74, 6) is 2.45. The van der Waals surface area contributed by atoms with E-state index in [2.05, 4.69) is 6.07 Å². The van der Waals surface area contributed by atoms with Gasteiger partial charge in [0.1, 0.15) is 17.2 Å². The molecule has 0 aliphatic carbocycles. The van der Waals surface area contributed by atoms with Gasteiger partial charge in [-0.2, -0.15) is 0 Å². The van der Waals surface area contributed by atoms with Crippen LogP contribution in [0, 0.1) is 0 Å². The van der Waals surface area contributed by atoms with Crippen LogP contribution in [0.5, 0.6) is 17.2 Å². The van der Waals surface area contributed by atoms with Crippen LogP contribution in [0.15, 0.2) is 36.4 Å². The fourth-order valence-corrected chi connectivity index (χ4v) is 2.65. The first kappa shape index (κ1) is 13.8. The van der Waals surface area contributed by atoms with Crippen molar-refractivity contribution < 1.29 is 14.2 Å². The van der Waals surface area contributed by atoms with E-state index in [0.717, 1.165) is 41.4 Å². The second kappa shape index (κ2) is 5.66. The van der Waals surface area contributed by atoms with Crippen LogP contribution in [-0.2, 0) is 6.42 Å². The molecule has 1 atom stereocenters. The summed E-state index contributed by atoms with van der Waals surface area (Å²) in [7, 11) is 3.27. The lowest BCUT2D eigenvalue weighted by molar-refractivity contribution is 0.357. The molecule has 2 aromatic carbocycles. The number of benzene rings is 2. The average Bonchev–Trinajstić information content (AvgIpc) is 3.01. The van der Waals surface area contributed by atoms with Gasteiger partial charge in [0.25, 0.3) is 0 Å². The molecule has 1 heterocycles. The molecule has 0 saturated heterocycles. The molecule has 3 rings (SSSR count). The Labute approximate surface area is 124 Å². The molecular formula is C17H19NO3. The largest absolute Gasteiger partial charge is 0.497 e. The maximum absolute atomic E-state index is 6.42. The maximum atomic E-state index is 6.42. The Morgan fingerprint density at radius 1 is 1.10 bits per heavy atom. The predicted octanol–water partition coefficient (Wildman–Crippen LogP) is 2.69. The van der Waals surface area contributed by atoms with Gasteiger partial charge in [0.2, 0.25) is 0 Å². The second-order valence-corrected chi connectivity index (χ2v) is 5.05. The molecule has 0 bridgehead atoms. The highest BCUT2D eigenvalue weighted by Gasteiger charge is 2.18. The summed E-state index contributed by atoms with van der Waals surface area (Å²) in [5.41, 5.74) is 9.63. The third-order valence-corrected chi connectivity index (χ3v) is 3.85. The van der Waals surface area contributed by atoms with Crippen molar-refractivity contribution in [3.63, 3.8) is 0 Å². The van der Waals surface area contributed by atoms with Crippen LogP contribution in [0.3, 0.4) is 0 Å².